The fourth-order valence-corrected chi connectivity index (χ4v) is 2.89. The summed E-state index contributed by atoms with van der Waals surface area (Å²) in [5.41, 5.74) is 1.70. The lowest BCUT2D eigenvalue weighted by molar-refractivity contribution is -0.145. The number of benzene rings is 2. The second-order valence-electron chi connectivity index (χ2n) is 5.93. The number of hydrogen-bond donors (Lipinski definition) is 1. The largest absolute Gasteiger partial charge is 0.444 e. The van der Waals surface area contributed by atoms with Gasteiger partial charge in [-0.15, -0.1) is 0 Å². The van der Waals surface area contributed by atoms with Crippen LogP contribution in [0.15, 0.2) is 54.6 Å². The summed E-state index contributed by atoms with van der Waals surface area (Å²) in [6.07, 6.45) is -0.980. The second kappa shape index (κ2) is 8.49. The van der Waals surface area contributed by atoms with Crippen LogP contribution >= 0.6 is 0 Å². The summed E-state index contributed by atoms with van der Waals surface area (Å²) in [6, 6.07) is 16.1. The molecule has 1 saturated heterocycles. The maximum absolute atomic E-state index is 13.0. The van der Waals surface area contributed by atoms with Gasteiger partial charge in [-0.3, -0.25) is 4.79 Å². The smallest absolute Gasteiger partial charge is 0.341 e. The summed E-state index contributed by atoms with van der Waals surface area (Å²) >= 11 is 0. The third kappa shape index (κ3) is 4.03. The number of morpholine rings is 1. The minimum Gasteiger partial charge on any atom is -0.444 e. The van der Waals surface area contributed by atoms with Gasteiger partial charge >= 0.3 is 5.97 Å². The molecule has 1 fully saturated rings. The lowest BCUT2D eigenvalue weighted by Crippen LogP contribution is -2.44. The van der Waals surface area contributed by atoms with E-state index >= 15 is 0 Å². The molecule has 1 N–H and O–H groups in total. The van der Waals surface area contributed by atoms with Gasteiger partial charge in [0.1, 0.15) is 0 Å². The molecule has 6 nitrogen and oxygen atoms in total. The fraction of sp³-hybridized carbons (Fsp3) is 0.300. The van der Waals surface area contributed by atoms with E-state index in [0.717, 1.165) is 0 Å². The van der Waals surface area contributed by atoms with Gasteiger partial charge in [-0.1, -0.05) is 42.5 Å². The van der Waals surface area contributed by atoms with Crippen LogP contribution < -0.4 is 5.32 Å². The van der Waals surface area contributed by atoms with Crippen molar-refractivity contribution in [3.05, 3.63) is 65.7 Å². The summed E-state index contributed by atoms with van der Waals surface area (Å²) in [7, 11) is 1.74. The molecule has 2 aromatic carbocycles. The fourth-order valence-electron chi connectivity index (χ4n) is 2.89. The minimum atomic E-state index is -0.980. The second-order valence-corrected chi connectivity index (χ2v) is 5.93. The van der Waals surface area contributed by atoms with E-state index in [1.54, 1.807) is 42.3 Å². The molecular weight excluding hydrogens is 332 g/mol. The zero-order valence-corrected chi connectivity index (χ0v) is 14.7. The monoisotopic (exact) mass is 354 g/mol. The SMILES string of the molecule is CNc1ccccc1C(=O)O[C@@H](C(=O)N1CCOCC1)c1ccccc1. The van der Waals surface area contributed by atoms with Crippen molar-refractivity contribution >= 4 is 17.6 Å². The molecule has 1 amide bonds. The summed E-state index contributed by atoms with van der Waals surface area (Å²) in [6.45, 7) is 1.97. The van der Waals surface area contributed by atoms with Crippen LogP contribution in [0.2, 0.25) is 0 Å². The number of carbonyl (C=O) groups excluding carboxylic acids is 2. The highest BCUT2D eigenvalue weighted by Crippen LogP contribution is 2.24. The van der Waals surface area contributed by atoms with E-state index in [1.165, 1.54) is 0 Å². The first-order chi connectivity index (χ1) is 12.7. The number of hydrogen-bond acceptors (Lipinski definition) is 5. The van der Waals surface area contributed by atoms with Gasteiger partial charge in [-0.2, -0.15) is 0 Å². The Balaban J connectivity index is 1.86. The highest BCUT2D eigenvalue weighted by Gasteiger charge is 2.31. The molecule has 1 aliphatic rings. The van der Waals surface area contributed by atoms with Crippen LogP contribution in [0.4, 0.5) is 5.69 Å². The van der Waals surface area contributed by atoms with Crippen LogP contribution in [0.5, 0.6) is 0 Å². The Morgan fingerprint density at radius 3 is 2.38 bits per heavy atom. The van der Waals surface area contributed by atoms with Crippen molar-refractivity contribution in [3.63, 3.8) is 0 Å². The van der Waals surface area contributed by atoms with Gasteiger partial charge < -0.3 is 19.7 Å². The number of para-hydroxylation sites is 1. The van der Waals surface area contributed by atoms with Crippen molar-refractivity contribution in [1.29, 1.82) is 0 Å². The molecule has 1 heterocycles. The van der Waals surface area contributed by atoms with E-state index in [4.69, 9.17) is 9.47 Å². The number of anilines is 1. The zero-order valence-electron chi connectivity index (χ0n) is 14.7. The number of rotatable bonds is 5. The van der Waals surface area contributed by atoms with E-state index in [0.29, 0.717) is 43.1 Å². The van der Waals surface area contributed by atoms with Gasteiger partial charge in [0.15, 0.2) is 0 Å². The molecule has 2 aromatic rings. The molecular formula is C20H22N2O4. The van der Waals surface area contributed by atoms with E-state index in [1.807, 2.05) is 24.3 Å². The summed E-state index contributed by atoms with van der Waals surface area (Å²) in [5, 5.41) is 2.97. The molecule has 0 aromatic heterocycles. The number of esters is 1. The van der Waals surface area contributed by atoms with Crippen molar-refractivity contribution in [2.75, 3.05) is 38.7 Å². The summed E-state index contributed by atoms with van der Waals surface area (Å²) in [5.74, 6) is -0.764. The number of amides is 1. The van der Waals surface area contributed by atoms with E-state index in [2.05, 4.69) is 5.32 Å². The molecule has 0 bridgehead atoms. The Kier molecular flexibility index (Phi) is 5.86. The van der Waals surface area contributed by atoms with E-state index in [-0.39, 0.29) is 5.91 Å². The predicted molar refractivity (Wildman–Crippen MR) is 98.0 cm³/mol. The van der Waals surface area contributed by atoms with Crippen LogP contribution in [-0.2, 0) is 14.3 Å². The van der Waals surface area contributed by atoms with Gasteiger partial charge in [-0.25, -0.2) is 4.79 Å². The maximum atomic E-state index is 13.0. The topological polar surface area (TPSA) is 67.9 Å². The molecule has 0 unspecified atom stereocenters. The first-order valence-electron chi connectivity index (χ1n) is 8.60. The van der Waals surface area contributed by atoms with Gasteiger partial charge in [0.2, 0.25) is 6.10 Å². The highest BCUT2D eigenvalue weighted by atomic mass is 16.5. The number of nitrogens with one attached hydrogen (secondary N) is 1. The van der Waals surface area contributed by atoms with Crippen LogP contribution in [0.3, 0.4) is 0 Å². The van der Waals surface area contributed by atoms with Crippen molar-refractivity contribution in [1.82, 2.24) is 4.90 Å². The zero-order chi connectivity index (χ0) is 18.4. The Hall–Kier alpha value is -2.86. The van der Waals surface area contributed by atoms with Crippen LogP contribution in [0.1, 0.15) is 22.0 Å². The predicted octanol–water partition coefficient (Wildman–Crippen LogP) is 2.49. The summed E-state index contributed by atoms with van der Waals surface area (Å²) in [4.78, 5) is 27.4. The molecule has 0 aliphatic carbocycles. The molecule has 3 rings (SSSR count). The molecule has 0 spiro atoms. The van der Waals surface area contributed by atoms with Gasteiger partial charge in [0.05, 0.1) is 18.8 Å². The first kappa shape index (κ1) is 17.9. The van der Waals surface area contributed by atoms with E-state index in [9.17, 15) is 9.59 Å². The van der Waals surface area contributed by atoms with Crippen molar-refractivity contribution in [2.24, 2.45) is 0 Å². The molecule has 0 saturated carbocycles. The molecule has 1 aliphatic heterocycles. The Morgan fingerprint density at radius 1 is 1.04 bits per heavy atom. The lowest BCUT2D eigenvalue weighted by Gasteiger charge is -2.30. The standard InChI is InChI=1S/C20H22N2O4/c1-21-17-10-6-5-9-16(17)20(24)26-18(15-7-3-2-4-8-15)19(23)22-11-13-25-14-12-22/h2-10,18,21H,11-14H2,1H3/t18-/m1/s1. The number of carbonyl (C=O) groups is 2. The minimum absolute atomic E-state index is 0.227. The molecule has 136 valence electrons. The first-order valence-corrected chi connectivity index (χ1v) is 8.60. The van der Waals surface area contributed by atoms with Crippen molar-refractivity contribution in [2.45, 2.75) is 6.10 Å². The average Bonchev–Trinajstić information content (AvgIpc) is 2.72. The quantitative estimate of drug-likeness (QED) is 0.836. The maximum Gasteiger partial charge on any atom is 0.341 e. The van der Waals surface area contributed by atoms with Gasteiger partial charge in [0, 0.05) is 31.4 Å². The lowest BCUT2D eigenvalue weighted by atomic mass is 10.1. The highest BCUT2D eigenvalue weighted by molar-refractivity contribution is 5.97. The van der Waals surface area contributed by atoms with Gasteiger partial charge in [0.25, 0.3) is 5.91 Å². The van der Waals surface area contributed by atoms with Crippen molar-refractivity contribution in [3.8, 4) is 0 Å². The third-order valence-electron chi connectivity index (χ3n) is 4.29. The molecule has 1 atom stereocenters. The third-order valence-corrected chi connectivity index (χ3v) is 4.29. The Labute approximate surface area is 152 Å². The van der Waals surface area contributed by atoms with E-state index < -0.39 is 12.1 Å². The number of ether oxygens (including phenoxy) is 2. The van der Waals surface area contributed by atoms with Crippen LogP contribution in [0.25, 0.3) is 0 Å². The average molecular weight is 354 g/mol. The van der Waals surface area contributed by atoms with Crippen molar-refractivity contribution < 1.29 is 19.1 Å². The summed E-state index contributed by atoms with van der Waals surface area (Å²) < 4.78 is 11.0. The van der Waals surface area contributed by atoms with Gasteiger partial charge in [-0.05, 0) is 12.1 Å². The Bertz CT molecular complexity index is 757. The number of nitrogens with zero attached hydrogens (tertiary/aromatic N) is 1. The Morgan fingerprint density at radius 2 is 1.69 bits per heavy atom. The molecule has 0 radical (unpaired) electrons. The van der Waals surface area contributed by atoms with Crippen LogP contribution in [0, 0.1) is 0 Å². The van der Waals surface area contributed by atoms with Crippen LogP contribution in [-0.4, -0.2) is 50.1 Å². The normalized spacial score (nSPS) is 15.2. The molecule has 6 heteroatoms. The molecule has 26 heavy (non-hydrogen) atoms.